The van der Waals surface area contributed by atoms with Crippen LogP contribution in [0.2, 0.25) is 0 Å². The van der Waals surface area contributed by atoms with E-state index in [0.29, 0.717) is 5.56 Å². The van der Waals surface area contributed by atoms with Crippen LogP contribution in [0.15, 0.2) is 48.7 Å². The third kappa shape index (κ3) is 2.91. The molecule has 0 atom stereocenters. The summed E-state index contributed by atoms with van der Waals surface area (Å²) in [6, 6.07) is 13.6. The van der Waals surface area contributed by atoms with Gasteiger partial charge in [-0.05, 0) is 24.3 Å². The fraction of sp³-hybridized carbons (Fsp3) is 0.200. The highest BCUT2D eigenvalue weighted by molar-refractivity contribution is 5.93. The lowest BCUT2D eigenvalue weighted by Gasteiger charge is -2.18. The number of nitrogens with zero attached hydrogens (tertiary/aromatic N) is 3. The van der Waals surface area contributed by atoms with Gasteiger partial charge in [0.2, 0.25) is 0 Å². The Kier molecular flexibility index (Phi) is 3.80. The van der Waals surface area contributed by atoms with E-state index in [1.54, 1.807) is 26.4 Å². The molecule has 0 radical (unpaired) electrons. The SMILES string of the molecule is CN(C)C(=O)c1ccc(N(C)c2ccccc2)nc1. The third-order valence-electron chi connectivity index (χ3n) is 2.89. The molecule has 0 bridgehead atoms. The van der Waals surface area contributed by atoms with E-state index in [1.165, 1.54) is 4.90 Å². The number of carbonyl (C=O) groups excluding carboxylic acids is 1. The Hall–Kier alpha value is -2.36. The van der Waals surface area contributed by atoms with E-state index in [1.807, 2.05) is 48.3 Å². The first kappa shape index (κ1) is 13.1. The van der Waals surface area contributed by atoms with E-state index in [9.17, 15) is 4.79 Å². The summed E-state index contributed by atoms with van der Waals surface area (Å²) in [6.45, 7) is 0. The van der Waals surface area contributed by atoms with Gasteiger partial charge < -0.3 is 9.80 Å². The number of hydrogen-bond acceptors (Lipinski definition) is 3. The zero-order chi connectivity index (χ0) is 13.8. The quantitative estimate of drug-likeness (QED) is 0.845. The Morgan fingerprint density at radius 1 is 1.00 bits per heavy atom. The maximum Gasteiger partial charge on any atom is 0.254 e. The van der Waals surface area contributed by atoms with Gasteiger partial charge in [-0.15, -0.1) is 0 Å². The van der Waals surface area contributed by atoms with Gasteiger partial charge in [0.1, 0.15) is 5.82 Å². The predicted octanol–water partition coefficient (Wildman–Crippen LogP) is 2.55. The number of aromatic nitrogens is 1. The van der Waals surface area contributed by atoms with Crippen molar-refractivity contribution in [3.8, 4) is 0 Å². The Bertz CT molecular complexity index is 549. The summed E-state index contributed by atoms with van der Waals surface area (Å²) in [4.78, 5) is 19.6. The average molecular weight is 255 g/mol. The average Bonchev–Trinajstić information content (AvgIpc) is 2.46. The van der Waals surface area contributed by atoms with Gasteiger partial charge in [0.25, 0.3) is 5.91 Å². The van der Waals surface area contributed by atoms with Crippen LogP contribution in [0, 0.1) is 0 Å². The summed E-state index contributed by atoms with van der Waals surface area (Å²) < 4.78 is 0. The zero-order valence-electron chi connectivity index (χ0n) is 11.4. The zero-order valence-corrected chi connectivity index (χ0v) is 11.4. The van der Waals surface area contributed by atoms with Gasteiger partial charge in [-0.3, -0.25) is 4.79 Å². The van der Waals surface area contributed by atoms with Crippen molar-refractivity contribution < 1.29 is 4.79 Å². The van der Waals surface area contributed by atoms with Crippen LogP contribution < -0.4 is 4.90 Å². The number of para-hydroxylation sites is 1. The minimum Gasteiger partial charge on any atom is -0.345 e. The molecule has 0 saturated heterocycles. The Balaban J connectivity index is 2.21. The second-order valence-electron chi connectivity index (χ2n) is 4.50. The van der Waals surface area contributed by atoms with Crippen molar-refractivity contribution in [1.82, 2.24) is 9.88 Å². The van der Waals surface area contributed by atoms with Crippen molar-refractivity contribution in [2.75, 3.05) is 26.0 Å². The van der Waals surface area contributed by atoms with E-state index >= 15 is 0 Å². The molecule has 0 saturated carbocycles. The van der Waals surface area contributed by atoms with Gasteiger partial charge in [0.15, 0.2) is 0 Å². The monoisotopic (exact) mass is 255 g/mol. The number of hydrogen-bond donors (Lipinski definition) is 0. The predicted molar refractivity (Wildman–Crippen MR) is 76.8 cm³/mol. The number of carbonyl (C=O) groups is 1. The second kappa shape index (κ2) is 5.52. The van der Waals surface area contributed by atoms with E-state index < -0.39 is 0 Å². The second-order valence-corrected chi connectivity index (χ2v) is 4.50. The van der Waals surface area contributed by atoms with Crippen molar-refractivity contribution >= 4 is 17.4 Å². The molecule has 1 heterocycles. The van der Waals surface area contributed by atoms with E-state index in [0.717, 1.165) is 11.5 Å². The molecule has 0 spiro atoms. The fourth-order valence-corrected chi connectivity index (χ4v) is 1.75. The van der Waals surface area contributed by atoms with Crippen LogP contribution in [0.4, 0.5) is 11.5 Å². The first-order valence-electron chi connectivity index (χ1n) is 6.06. The molecule has 0 unspecified atom stereocenters. The summed E-state index contributed by atoms with van der Waals surface area (Å²) in [5, 5.41) is 0. The smallest absolute Gasteiger partial charge is 0.254 e. The minimum absolute atomic E-state index is 0.0404. The normalized spacial score (nSPS) is 10.1. The molecule has 4 heteroatoms. The van der Waals surface area contributed by atoms with Crippen LogP contribution in [-0.2, 0) is 0 Å². The molecule has 2 aromatic rings. The lowest BCUT2D eigenvalue weighted by atomic mass is 10.2. The molecule has 0 fully saturated rings. The van der Waals surface area contributed by atoms with Crippen LogP contribution in [0.5, 0.6) is 0 Å². The molecular weight excluding hydrogens is 238 g/mol. The third-order valence-corrected chi connectivity index (χ3v) is 2.89. The van der Waals surface area contributed by atoms with Crippen LogP contribution >= 0.6 is 0 Å². The summed E-state index contributed by atoms with van der Waals surface area (Å²) in [6.07, 6.45) is 1.61. The summed E-state index contributed by atoms with van der Waals surface area (Å²) in [5.41, 5.74) is 1.65. The van der Waals surface area contributed by atoms with E-state index in [2.05, 4.69) is 4.98 Å². The molecule has 98 valence electrons. The first-order valence-corrected chi connectivity index (χ1v) is 6.06. The number of pyridine rings is 1. The van der Waals surface area contributed by atoms with Crippen molar-refractivity contribution in [3.63, 3.8) is 0 Å². The number of anilines is 2. The molecular formula is C15H17N3O. The maximum absolute atomic E-state index is 11.8. The number of amides is 1. The maximum atomic E-state index is 11.8. The van der Waals surface area contributed by atoms with Crippen molar-refractivity contribution in [2.24, 2.45) is 0 Å². The number of benzene rings is 1. The largest absolute Gasteiger partial charge is 0.345 e. The van der Waals surface area contributed by atoms with Crippen LogP contribution in [-0.4, -0.2) is 36.9 Å². The molecule has 0 aliphatic heterocycles. The lowest BCUT2D eigenvalue weighted by molar-refractivity contribution is 0.0827. The number of rotatable bonds is 3. The topological polar surface area (TPSA) is 36.4 Å². The molecule has 1 aromatic heterocycles. The van der Waals surface area contributed by atoms with Crippen molar-refractivity contribution in [1.29, 1.82) is 0 Å². The van der Waals surface area contributed by atoms with Crippen molar-refractivity contribution in [2.45, 2.75) is 0 Å². The van der Waals surface area contributed by atoms with E-state index in [-0.39, 0.29) is 5.91 Å². The molecule has 0 aliphatic rings. The van der Waals surface area contributed by atoms with Gasteiger partial charge >= 0.3 is 0 Å². The molecule has 0 N–H and O–H groups in total. The van der Waals surface area contributed by atoms with Gasteiger partial charge in [0, 0.05) is 33.0 Å². The van der Waals surface area contributed by atoms with Crippen LogP contribution in [0.1, 0.15) is 10.4 Å². The van der Waals surface area contributed by atoms with Crippen LogP contribution in [0.3, 0.4) is 0 Å². The summed E-state index contributed by atoms with van der Waals surface area (Å²) in [7, 11) is 5.41. The molecule has 0 aliphatic carbocycles. The lowest BCUT2D eigenvalue weighted by Crippen LogP contribution is -2.22. The van der Waals surface area contributed by atoms with Crippen molar-refractivity contribution in [3.05, 3.63) is 54.2 Å². The van der Waals surface area contributed by atoms with Gasteiger partial charge in [-0.1, -0.05) is 18.2 Å². The first-order chi connectivity index (χ1) is 9.09. The van der Waals surface area contributed by atoms with Gasteiger partial charge in [0.05, 0.1) is 5.56 Å². The molecule has 2 rings (SSSR count). The highest BCUT2D eigenvalue weighted by Crippen LogP contribution is 2.20. The summed E-state index contributed by atoms with van der Waals surface area (Å²) >= 11 is 0. The van der Waals surface area contributed by atoms with Crippen LogP contribution in [0.25, 0.3) is 0 Å². The standard InChI is InChI=1S/C15H17N3O/c1-17(2)15(19)12-9-10-14(16-11-12)18(3)13-7-5-4-6-8-13/h4-11H,1-3H3. The molecule has 1 aromatic carbocycles. The summed E-state index contributed by atoms with van der Waals surface area (Å²) in [5.74, 6) is 0.767. The van der Waals surface area contributed by atoms with Gasteiger partial charge in [-0.25, -0.2) is 4.98 Å². The highest BCUT2D eigenvalue weighted by Gasteiger charge is 2.10. The molecule has 19 heavy (non-hydrogen) atoms. The molecule has 4 nitrogen and oxygen atoms in total. The minimum atomic E-state index is -0.0404. The molecule has 1 amide bonds. The van der Waals surface area contributed by atoms with Gasteiger partial charge in [-0.2, -0.15) is 0 Å². The Labute approximate surface area is 113 Å². The van der Waals surface area contributed by atoms with E-state index in [4.69, 9.17) is 0 Å². The highest BCUT2D eigenvalue weighted by atomic mass is 16.2. The Morgan fingerprint density at radius 2 is 1.68 bits per heavy atom. The Morgan fingerprint density at radius 3 is 2.21 bits per heavy atom. The fourth-order valence-electron chi connectivity index (χ4n) is 1.75.